The van der Waals surface area contributed by atoms with Crippen molar-refractivity contribution in [2.75, 3.05) is 6.54 Å². The monoisotopic (exact) mass is 352 g/mol. The van der Waals surface area contributed by atoms with Crippen molar-refractivity contribution >= 4 is 0 Å². The standard InChI is InChI=1S/C19H24N6O/c1-11(2)9-20-10-17-22-14(5)8-16(23-17)19-24-18(25-26-19)15-6-12(3)21-13(4)7-15/h6-8,11,20H,9-10H2,1-5H3. The lowest BCUT2D eigenvalue weighted by molar-refractivity contribution is 0.430. The van der Waals surface area contributed by atoms with Crippen LogP contribution in [0.2, 0.25) is 0 Å². The minimum Gasteiger partial charge on any atom is -0.332 e. The van der Waals surface area contributed by atoms with Crippen LogP contribution >= 0.6 is 0 Å². The fourth-order valence-electron chi connectivity index (χ4n) is 2.70. The first-order valence-corrected chi connectivity index (χ1v) is 8.75. The molecule has 0 atom stereocenters. The van der Waals surface area contributed by atoms with Crippen molar-refractivity contribution in [1.29, 1.82) is 0 Å². The first kappa shape index (κ1) is 18.1. The maximum Gasteiger partial charge on any atom is 0.276 e. The molecular weight excluding hydrogens is 328 g/mol. The summed E-state index contributed by atoms with van der Waals surface area (Å²) in [6.45, 7) is 11.7. The summed E-state index contributed by atoms with van der Waals surface area (Å²) >= 11 is 0. The molecule has 0 saturated carbocycles. The zero-order valence-corrected chi connectivity index (χ0v) is 15.9. The fourth-order valence-corrected chi connectivity index (χ4v) is 2.70. The van der Waals surface area contributed by atoms with Crippen LogP contribution in [0, 0.1) is 26.7 Å². The van der Waals surface area contributed by atoms with Crippen LogP contribution in [-0.2, 0) is 6.54 Å². The smallest absolute Gasteiger partial charge is 0.276 e. The van der Waals surface area contributed by atoms with Gasteiger partial charge in [0.2, 0.25) is 5.82 Å². The Hall–Kier alpha value is -2.67. The highest BCUT2D eigenvalue weighted by molar-refractivity contribution is 5.58. The third kappa shape index (κ3) is 4.49. The minimum atomic E-state index is 0.391. The Labute approximate surface area is 153 Å². The van der Waals surface area contributed by atoms with Crippen molar-refractivity contribution < 1.29 is 4.52 Å². The largest absolute Gasteiger partial charge is 0.332 e. The number of pyridine rings is 1. The molecule has 7 heteroatoms. The minimum absolute atomic E-state index is 0.391. The van der Waals surface area contributed by atoms with E-state index >= 15 is 0 Å². The van der Waals surface area contributed by atoms with Crippen molar-refractivity contribution in [3.8, 4) is 23.0 Å². The van der Waals surface area contributed by atoms with Gasteiger partial charge in [0.25, 0.3) is 5.89 Å². The highest BCUT2D eigenvalue weighted by Crippen LogP contribution is 2.22. The summed E-state index contributed by atoms with van der Waals surface area (Å²) in [5, 5.41) is 7.45. The van der Waals surface area contributed by atoms with E-state index < -0.39 is 0 Å². The van der Waals surface area contributed by atoms with Gasteiger partial charge in [0, 0.05) is 22.6 Å². The van der Waals surface area contributed by atoms with Gasteiger partial charge in [0.1, 0.15) is 11.5 Å². The van der Waals surface area contributed by atoms with Gasteiger partial charge in [-0.05, 0) is 51.4 Å². The van der Waals surface area contributed by atoms with Gasteiger partial charge in [-0.2, -0.15) is 4.98 Å². The van der Waals surface area contributed by atoms with Crippen molar-refractivity contribution in [2.24, 2.45) is 5.92 Å². The highest BCUT2D eigenvalue weighted by atomic mass is 16.5. The molecule has 0 bridgehead atoms. The summed E-state index contributed by atoms with van der Waals surface area (Å²) in [5.41, 5.74) is 4.23. The van der Waals surface area contributed by atoms with Gasteiger partial charge in [-0.1, -0.05) is 19.0 Å². The van der Waals surface area contributed by atoms with E-state index in [1.165, 1.54) is 0 Å². The average Bonchev–Trinajstić information content (AvgIpc) is 3.03. The summed E-state index contributed by atoms with van der Waals surface area (Å²) < 4.78 is 5.45. The second-order valence-electron chi connectivity index (χ2n) is 6.90. The van der Waals surface area contributed by atoms with Gasteiger partial charge >= 0.3 is 0 Å². The van der Waals surface area contributed by atoms with Crippen molar-refractivity contribution in [1.82, 2.24) is 30.4 Å². The number of hydrogen-bond donors (Lipinski definition) is 1. The van der Waals surface area contributed by atoms with Gasteiger partial charge in [-0.25, -0.2) is 9.97 Å². The van der Waals surface area contributed by atoms with Crippen LogP contribution in [-0.4, -0.2) is 31.6 Å². The molecule has 0 saturated heterocycles. The van der Waals surface area contributed by atoms with E-state index in [2.05, 4.69) is 44.3 Å². The van der Waals surface area contributed by atoms with Crippen LogP contribution in [0.1, 0.15) is 36.8 Å². The van der Waals surface area contributed by atoms with Gasteiger partial charge in [-0.15, -0.1) is 0 Å². The molecule has 1 N–H and O–H groups in total. The van der Waals surface area contributed by atoms with E-state index in [1.807, 2.05) is 39.0 Å². The predicted octanol–water partition coefficient (Wildman–Crippen LogP) is 3.26. The molecule has 3 aromatic heterocycles. The molecule has 0 fully saturated rings. The average molecular weight is 352 g/mol. The molecule has 0 aliphatic rings. The number of aromatic nitrogens is 5. The molecule has 0 unspecified atom stereocenters. The number of nitrogens with zero attached hydrogens (tertiary/aromatic N) is 5. The van der Waals surface area contributed by atoms with E-state index in [0.29, 0.717) is 29.9 Å². The van der Waals surface area contributed by atoms with Crippen LogP contribution in [0.3, 0.4) is 0 Å². The zero-order chi connectivity index (χ0) is 18.7. The van der Waals surface area contributed by atoms with Gasteiger partial charge in [0.15, 0.2) is 0 Å². The highest BCUT2D eigenvalue weighted by Gasteiger charge is 2.14. The van der Waals surface area contributed by atoms with Crippen LogP contribution < -0.4 is 5.32 Å². The predicted molar refractivity (Wildman–Crippen MR) is 99.3 cm³/mol. The van der Waals surface area contributed by atoms with Crippen molar-refractivity contribution in [2.45, 2.75) is 41.2 Å². The molecule has 0 aromatic carbocycles. The van der Waals surface area contributed by atoms with Gasteiger partial charge < -0.3 is 9.84 Å². The van der Waals surface area contributed by atoms with E-state index in [1.54, 1.807) is 0 Å². The van der Waals surface area contributed by atoms with Crippen LogP contribution in [0.15, 0.2) is 22.7 Å². The van der Waals surface area contributed by atoms with Crippen molar-refractivity contribution in [3.63, 3.8) is 0 Å². The molecule has 0 amide bonds. The Balaban J connectivity index is 1.85. The molecule has 0 aliphatic heterocycles. The Morgan fingerprint density at radius 1 is 0.923 bits per heavy atom. The Morgan fingerprint density at radius 3 is 2.31 bits per heavy atom. The SMILES string of the molecule is Cc1cc(-c2noc(-c3cc(C)nc(CNCC(C)C)n3)n2)cc(C)n1. The summed E-state index contributed by atoms with van der Waals surface area (Å²) in [4.78, 5) is 17.9. The molecular formula is C19H24N6O. The first-order valence-electron chi connectivity index (χ1n) is 8.75. The van der Waals surface area contributed by atoms with E-state index in [0.717, 1.165) is 35.0 Å². The maximum atomic E-state index is 5.45. The maximum absolute atomic E-state index is 5.45. The second-order valence-corrected chi connectivity index (χ2v) is 6.90. The first-order chi connectivity index (χ1) is 12.4. The Kier molecular flexibility index (Phi) is 5.37. The van der Waals surface area contributed by atoms with E-state index in [4.69, 9.17) is 4.52 Å². The summed E-state index contributed by atoms with van der Waals surface area (Å²) in [6, 6.07) is 5.73. The number of rotatable bonds is 6. The topological polar surface area (TPSA) is 89.6 Å². The molecule has 0 radical (unpaired) electrons. The lowest BCUT2D eigenvalue weighted by Gasteiger charge is -2.07. The third-order valence-corrected chi connectivity index (χ3v) is 3.72. The summed E-state index contributed by atoms with van der Waals surface area (Å²) in [5.74, 6) is 2.22. The quantitative estimate of drug-likeness (QED) is 0.728. The molecule has 136 valence electrons. The lowest BCUT2D eigenvalue weighted by atomic mass is 10.2. The van der Waals surface area contributed by atoms with Gasteiger partial charge in [0.05, 0.1) is 6.54 Å². The van der Waals surface area contributed by atoms with Crippen molar-refractivity contribution in [3.05, 3.63) is 41.1 Å². The van der Waals surface area contributed by atoms with Gasteiger partial charge in [-0.3, -0.25) is 4.98 Å². The lowest BCUT2D eigenvalue weighted by Crippen LogP contribution is -2.20. The Bertz CT molecular complexity index is 883. The normalized spacial score (nSPS) is 11.3. The van der Waals surface area contributed by atoms with Crippen LogP contribution in [0.25, 0.3) is 23.0 Å². The second kappa shape index (κ2) is 7.70. The summed E-state index contributed by atoms with van der Waals surface area (Å²) in [6.07, 6.45) is 0. The van der Waals surface area contributed by atoms with Crippen LogP contribution in [0.4, 0.5) is 0 Å². The number of aryl methyl sites for hydroxylation is 3. The van der Waals surface area contributed by atoms with E-state index in [-0.39, 0.29) is 0 Å². The number of hydrogen-bond acceptors (Lipinski definition) is 7. The third-order valence-electron chi connectivity index (χ3n) is 3.72. The van der Waals surface area contributed by atoms with Crippen LogP contribution in [0.5, 0.6) is 0 Å². The molecule has 3 rings (SSSR count). The Morgan fingerprint density at radius 2 is 1.62 bits per heavy atom. The molecule has 3 aromatic rings. The zero-order valence-electron chi connectivity index (χ0n) is 15.9. The molecule has 7 nitrogen and oxygen atoms in total. The molecule has 3 heterocycles. The number of nitrogens with one attached hydrogen (secondary N) is 1. The fraction of sp³-hybridized carbons (Fsp3) is 0.421. The summed E-state index contributed by atoms with van der Waals surface area (Å²) in [7, 11) is 0. The molecule has 0 aliphatic carbocycles. The molecule has 0 spiro atoms. The van der Waals surface area contributed by atoms with E-state index in [9.17, 15) is 0 Å². The molecule has 26 heavy (non-hydrogen) atoms.